The van der Waals surface area contributed by atoms with E-state index < -0.39 is 0 Å². The summed E-state index contributed by atoms with van der Waals surface area (Å²) in [5, 5.41) is 3.39. The first-order valence-electron chi connectivity index (χ1n) is 7.40. The Balaban J connectivity index is 1.94. The largest absolute Gasteiger partial charge is 0.462 e. The van der Waals surface area contributed by atoms with E-state index in [-0.39, 0.29) is 5.97 Å². The Labute approximate surface area is 125 Å². The normalized spacial score (nSPS) is 15.5. The van der Waals surface area contributed by atoms with Gasteiger partial charge in [-0.15, -0.1) is 0 Å². The van der Waals surface area contributed by atoms with Crippen molar-refractivity contribution in [3.05, 3.63) is 23.8 Å². The van der Waals surface area contributed by atoms with Crippen molar-refractivity contribution in [1.82, 2.24) is 0 Å². The number of nitrogens with one attached hydrogen (secondary N) is 1. The molecule has 0 unspecified atom stereocenters. The molecule has 1 aliphatic rings. The van der Waals surface area contributed by atoms with Gasteiger partial charge in [0.25, 0.3) is 0 Å². The minimum atomic E-state index is -0.338. The molecule has 1 saturated carbocycles. The first-order chi connectivity index (χ1) is 10.1. The second kappa shape index (κ2) is 6.80. The highest BCUT2D eigenvalue weighted by Gasteiger charge is 2.41. The van der Waals surface area contributed by atoms with Crippen LogP contribution in [0.5, 0.6) is 0 Å². The van der Waals surface area contributed by atoms with Crippen LogP contribution in [-0.2, 0) is 9.47 Å². The molecule has 5 nitrogen and oxygen atoms in total. The van der Waals surface area contributed by atoms with Gasteiger partial charge in [-0.25, -0.2) is 4.79 Å². The quantitative estimate of drug-likeness (QED) is 0.569. The number of hydrogen-bond donors (Lipinski definition) is 2. The summed E-state index contributed by atoms with van der Waals surface area (Å²) in [7, 11) is 1.73. The summed E-state index contributed by atoms with van der Waals surface area (Å²) in [6.07, 6.45) is 3.52. The summed E-state index contributed by atoms with van der Waals surface area (Å²) in [6, 6.07) is 5.24. The van der Waals surface area contributed by atoms with E-state index in [0.717, 1.165) is 25.3 Å². The molecule has 0 bridgehead atoms. The molecule has 0 heterocycles. The lowest BCUT2D eigenvalue weighted by Gasteiger charge is -2.17. The molecule has 0 saturated heterocycles. The van der Waals surface area contributed by atoms with Crippen LogP contribution in [0.1, 0.15) is 36.5 Å². The number of carbonyl (C=O) groups is 1. The summed E-state index contributed by atoms with van der Waals surface area (Å²) in [4.78, 5) is 11.6. The van der Waals surface area contributed by atoms with Gasteiger partial charge in [0, 0.05) is 20.3 Å². The van der Waals surface area contributed by atoms with Gasteiger partial charge < -0.3 is 20.5 Å². The van der Waals surface area contributed by atoms with Crippen molar-refractivity contribution < 1.29 is 14.3 Å². The zero-order chi connectivity index (χ0) is 15.3. The molecule has 1 fully saturated rings. The average Bonchev–Trinajstić information content (AvgIpc) is 3.24. The SMILES string of the molecule is CCOC(=O)c1ccc(NCC2(CCOC)CC2)c(N)c1. The summed E-state index contributed by atoms with van der Waals surface area (Å²) in [5.41, 5.74) is 8.29. The summed E-state index contributed by atoms with van der Waals surface area (Å²) in [6.45, 7) is 3.82. The van der Waals surface area contributed by atoms with E-state index >= 15 is 0 Å². The molecular weight excluding hydrogens is 268 g/mol. The molecule has 5 heteroatoms. The van der Waals surface area contributed by atoms with Gasteiger partial charge in [0.05, 0.1) is 23.5 Å². The van der Waals surface area contributed by atoms with Crippen LogP contribution in [0, 0.1) is 5.41 Å². The topological polar surface area (TPSA) is 73.6 Å². The monoisotopic (exact) mass is 292 g/mol. The molecule has 3 N–H and O–H groups in total. The predicted molar refractivity (Wildman–Crippen MR) is 83.5 cm³/mol. The highest BCUT2D eigenvalue weighted by atomic mass is 16.5. The van der Waals surface area contributed by atoms with Crippen molar-refractivity contribution in [2.75, 3.05) is 37.9 Å². The Morgan fingerprint density at radius 3 is 2.76 bits per heavy atom. The van der Waals surface area contributed by atoms with Crippen LogP contribution in [0.4, 0.5) is 11.4 Å². The zero-order valence-electron chi connectivity index (χ0n) is 12.8. The van der Waals surface area contributed by atoms with E-state index in [1.807, 2.05) is 6.07 Å². The highest BCUT2D eigenvalue weighted by molar-refractivity contribution is 5.91. The van der Waals surface area contributed by atoms with E-state index in [4.69, 9.17) is 15.2 Å². The molecule has 1 aromatic rings. The summed E-state index contributed by atoms with van der Waals surface area (Å²) < 4.78 is 10.1. The Hall–Kier alpha value is -1.75. The first-order valence-corrected chi connectivity index (χ1v) is 7.40. The lowest BCUT2D eigenvalue weighted by molar-refractivity contribution is 0.0526. The van der Waals surface area contributed by atoms with Crippen LogP contribution in [0.25, 0.3) is 0 Å². The van der Waals surface area contributed by atoms with Gasteiger partial charge in [0.2, 0.25) is 0 Å². The molecule has 0 spiro atoms. The molecular formula is C16H24N2O3. The van der Waals surface area contributed by atoms with Crippen molar-refractivity contribution in [3.63, 3.8) is 0 Å². The number of esters is 1. The third kappa shape index (κ3) is 4.11. The zero-order valence-corrected chi connectivity index (χ0v) is 12.8. The van der Waals surface area contributed by atoms with E-state index in [1.54, 1.807) is 26.2 Å². The first kappa shape index (κ1) is 15.6. The van der Waals surface area contributed by atoms with Crippen molar-refractivity contribution in [2.24, 2.45) is 5.41 Å². The molecule has 0 aliphatic heterocycles. The number of methoxy groups -OCH3 is 1. The molecule has 116 valence electrons. The maximum absolute atomic E-state index is 11.6. The predicted octanol–water partition coefficient (Wildman–Crippen LogP) is 2.67. The van der Waals surface area contributed by atoms with Gasteiger partial charge in [0.1, 0.15) is 0 Å². The number of rotatable bonds is 8. The molecule has 0 amide bonds. The van der Waals surface area contributed by atoms with Gasteiger partial charge in [-0.05, 0) is 49.8 Å². The van der Waals surface area contributed by atoms with Crippen molar-refractivity contribution >= 4 is 17.3 Å². The third-order valence-electron chi connectivity index (χ3n) is 4.01. The van der Waals surface area contributed by atoms with E-state index in [2.05, 4.69) is 5.32 Å². The van der Waals surface area contributed by atoms with Crippen molar-refractivity contribution in [3.8, 4) is 0 Å². The van der Waals surface area contributed by atoms with Crippen LogP contribution in [0.15, 0.2) is 18.2 Å². The van der Waals surface area contributed by atoms with Crippen molar-refractivity contribution in [2.45, 2.75) is 26.2 Å². The van der Waals surface area contributed by atoms with Crippen molar-refractivity contribution in [1.29, 1.82) is 0 Å². The number of anilines is 2. The number of ether oxygens (including phenoxy) is 2. The third-order valence-corrected chi connectivity index (χ3v) is 4.01. The van der Waals surface area contributed by atoms with Gasteiger partial charge in [-0.1, -0.05) is 0 Å². The molecule has 21 heavy (non-hydrogen) atoms. The van der Waals surface area contributed by atoms with Gasteiger partial charge in [-0.3, -0.25) is 0 Å². The highest BCUT2D eigenvalue weighted by Crippen LogP contribution is 2.48. The summed E-state index contributed by atoms with van der Waals surface area (Å²) in [5.74, 6) is -0.338. The Morgan fingerprint density at radius 1 is 1.43 bits per heavy atom. The number of benzene rings is 1. The average molecular weight is 292 g/mol. The van der Waals surface area contributed by atoms with E-state index in [1.165, 1.54) is 12.8 Å². The maximum atomic E-state index is 11.6. The van der Waals surface area contributed by atoms with E-state index in [0.29, 0.717) is 23.3 Å². The molecule has 1 aliphatic carbocycles. The number of nitrogen functional groups attached to an aromatic ring is 1. The van der Waals surface area contributed by atoms with Gasteiger partial charge in [0.15, 0.2) is 0 Å². The second-order valence-electron chi connectivity index (χ2n) is 5.62. The standard InChI is InChI=1S/C16H24N2O3/c1-3-21-15(19)12-4-5-14(13(17)10-12)18-11-16(6-7-16)8-9-20-2/h4-5,10,18H,3,6-9,11,17H2,1-2H3. The minimum Gasteiger partial charge on any atom is -0.462 e. The molecule has 0 aromatic heterocycles. The number of nitrogens with two attached hydrogens (primary N) is 1. The Morgan fingerprint density at radius 2 is 2.19 bits per heavy atom. The number of hydrogen-bond acceptors (Lipinski definition) is 5. The second-order valence-corrected chi connectivity index (χ2v) is 5.62. The molecule has 0 radical (unpaired) electrons. The lowest BCUT2D eigenvalue weighted by atomic mass is 10.0. The molecule has 2 rings (SSSR count). The Bertz CT molecular complexity index is 498. The van der Waals surface area contributed by atoms with Crippen LogP contribution in [-0.4, -0.2) is 32.8 Å². The van der Waals surface area contributed by atoms with Crippen LogP contribution in [0.2, 0.25) is 0 Å². The Kier molecular flexibility index (Phi) is 5.07. The lowest BCUT2D eigenvalue weighted by Crippen LogP contribution is -2.18. The van der Waals surface area contributed by atoms with Crippen LogP contribution >= 0.6 is 0 Å². The van der Waals surface area contributed by atoms with Crippen LogP contribution < -0.4 is 11.1 Å². The van der Waals surface area contributed by atoms with Gasteiger partial charge >= 0.3 is 5.97 Å². The smallest absolute Gasteiger partial charge is 0.338 e. The molecule has 1 aromatic carbocycles. The van der Waals surface area contributed by atoms with E-state index in [9.17, 15) is 4.79 Å². The van der Waals surface area contributed by atoms with Crippen LogP contribution in [0.3, 0.4) is 0 Å². The molecule has 0 atom stereocenters. The number of carbonyl (C=O) groups excluding carboxylic acids is 1. The fourth-order valence-corrected chi connectivity index (χ4v) is 2.36. The maximum Gasteiger partial charge on any atom is 0.338 e. The summed E-state index contributed by atoms with van der Waals surface area (Å²) >= 11 is 0. The fourth-order valence-electron chi connectivity index (χ4n) is 2.36. The fraction of sp³-hybridized carbons (Fsp3) is 0.562. The van der Waals surface area contributed by atoms with Gasteiger partial charge in [-0.2, -0.15) is 0 Å². The minimum absolute atomic E-state index is 0.338.